The van der Waals surface area contributed by atoms with Crippen LogP contribution in [0.15, 0.2) is 5.11 Å². The van der Waals surface area contributed by atoms with Crippen molar-refractivity contribution in [3.05, 3.63) is 10.4 Å². The highest BCUT2D eigenvalue weighted by Crippen LogP contribution is 2.43. The maximum atomic E-state index is 10.8. The molecule has 0 aromatic carbocycles. The summed E-state index contributed by atoms with van der Waals surface area (Å²) in [4.78, 5) is 13.6. The highest BCUT2D eigenvalue weighted by molar-refractivity contribution is 5.64. The second-order valence-electron chi connectivity index (χ2n) is 5.68. The molecule has 2 N–H and O–H groups in total. The summed E-state index contributed by atoms with van der Waals surface area (Å²) in [6.07, 6.45) is 0.719. The monoisotopic (exact) mass is 240 g/mol. The van der Waals surface area contributed by atoms with E-state index in [0.717, 1.165) is 12.8 Å². The number of primary amides is 1. The van der Waals surface area contributed by atoms with Crippen molar-refractivity contribution in [1.29, 1.82) is 0 Å². The van der Waals surface area contributed by atoms with Crippen LogP contribution in [-0.2, 0) is 4.74 Å². The summed E-state index contributed by atoms with van der Waals surface area (Å²) in [6.45, 7) is 6.85. The average molecular weight is 240 g/mol. The van der Waals surface area contributed by atoms with Gasteiger partial charge < -0.3 is 10.5 Å². The van der Waals surface area contributed by atoms with Gasteiger partial charge in [-0.2, -0.15) is 0 Å². The maximum absolute atomic E-state index is 10.8. The first-order valence-electron chi connectivity index (χ1n) is 5.81. The van der Waals surface area contributed by atoms with Gasteiger partial charge in [0.05, 0.1) is 0 Å². The van der Waals surface area contributed by atoms with E-state index >= 15 is 0 Å². The lowest BCUT2D eigenvalue weighted by molar-refractivity contribution is 0.0816. The molecular weight excluding hydrogens is 220 g/mol. The molecule has 1 aliphatic carbocycles. The molecule has 0 aromatic rings. The normalized spacial score (nSPS) is 28.5. The van der Waals surface area contributed by atoms with Gasteiger partial charge in [-0.1, -0.05) is 25.9 Å². The Morgan fingerprint density at radius 3 is 2.65 bits per heavy atom. The van der Waals surface area contributed by atoms with Crippen LogP contribution in [0.25, 0.3) is 10.4 Å². The number of carbonyl (C=O) groups excluding carboxylic acids is 1. The van der Waals surface area contributed by atoms with Crippen molar-refractivity contribution in [3.63, 3.8) is 0 Å². The first kappa shape index (κ1) is 13.6. The highest BCUT2D eigenvalue weighted by Gasteiger charge is 2.41. The zero-order valence-electron chi connectivity index (χ0n) is 10.6. The Balaban J connectivity index is 2.71. The molecule has 0 aromatic heterocycles. The summed E-state index contributed by atoms with van der Waals surface area (Å²) < 4.78 is 5.10. The summed E-state index contributed by atoms with van der Waals surface area (Å²) in [5.41, 5.74) is 13.6. The van der Waals surface area contributed by atoms with Crippen molar-refractivity contribution in [3.8, 4) is 0 Å². The first-order valence-corrected chi connectivity index (χ1v) is 5.81. The maximum Gasteiger partial charge on any atom is 0.404 e. The van der Waals surface area contributed by atoms with Gasteiger partial charge in [0, 0.05) is 17.4 Å². The smallest absolute Gasteiger partial charge is 0.404 e. The van der Waals surface area contributed by atoms with Gasteiger partial charge in [0.15, 0.2) is 0 Å². The van der Waals surface area contributed by atoms with Crippen LogP contribution in [0, 0.1) is 17.3 Å². The molecule has 0 aliphatic heterocycles. The van der Waals surface area contributed by atoms with Crippen LogP contribution in [0.1, 0.15) is 33.6 Å². The minimum atomic E-state index is -0.754. The highest BCUT2D eigenvalue weighted by atomic mass is 16.6. The SMILES string of the molecule is CC(C)(C)C1C[C@H](CN=[N+]=[N-])[C@@H](OC(N)=O)C1. The van der Waals surface area contributed by atoms with Crippen molar-refractivity contribution < 1.29 is 9.53 Å². The summed E-state index contributed by atoms with van der Waals surface area (Å²) >= 11 is 0. The second kappa shape index (κ2) is 5.27. The van der Waals surface area contributed by atoms with E-state index in [1.807, 2.05) is 0 Å². The number of amides is 1. The number of azide groups is 1. The zero-order valence-corrected chi connectivity index (χ0v) is 10.6. The third-order valence-electron chi connectivity index (χ3n) is 3.50. The largest absolute Gasteiger partial charge is 0.446 e. The van der Waals surface area contributed by atoms with Crippen LogP contribution in [0.4, 0.5) is 4.79 Å². The molecule has 1 amide bonds. The molecule has 1 saturated carbocycles. The molecule has 96 valence electrons. The lowest BCUT2D eigenvalue weighted by Gasteiger charge is -2.26. The molecule has 0 radical (unpaired) electrons. The molecule has 1 rings (SSSR count). The molecule has 1 unspecified atom stereocenters. The Bertz CT molecular complexity index is 319. The molecule has 6 heteroatoms. The summed E-state index contributed by atoms with van der Waals surface area (Å²) in [7, 11) is 0. The van der Waals surface area contributed by atoms with Crippen LogP contribution >= 0.6 is 0 Å². The number of hydrogen-bond donors (Lipinski definition) is 1. The minimum Gasteiger partial charge on any atom is -0.446 e. The van der Waals surface area contributed by atoms with Gasteiger partial charge in [0.25, 0.3) is 0 Å². The standard InChI is InChI=1S/C11H20N4O2/c1-11(2,3)8-4-7(6-14-15-13)9(5-8)17-10(12)16/h7-9H,4-6H2,1-3H3,(H2,12,16)/t7-,8?,9+/m1/s1. The fourth-order valence-corrected chi connectivity index (χ4v) is 2.42. The van der Waals surface area contributed by atoms with Crippen molar-refractivity contribution >= 4 is 6.09 Å². The van der Waals surface area contributed by atoms with E-state index in [-0.39, 0.29) is 17.4 Å². The molecule has 0 saturated heterocycles. The Morgan fingerprint density at radius 2 is 2.18 bits per heavy atom. The Kier molecular flexibility index (Phi) is 4.23. The van der Waals surface area contributed by atoms with Crippen LogP contribution < -0.4 is 5.73 Å². The Labute approximate surface area is 101 Å². The molecule has 1 fully saturated rings. The van der Waals surface area contributed by atoms with Gasteiger partial charge in [0.1, 0.15) is 6.10 Å². The number of rotatable bonds is 3. The van der Waals surface area contributed by atoms with Gasteiger partial charge in [-0.05, 0) is 29.7 Å². The average Bonchev–Trinajstić information content (AvgIpc) is 2.56. The fourth-order valence-electron chi connectivity index (χ4n) is 2.42. The lowest BCUT2D eigenvalue weighted by Crippen LogP contribution is -2.27. The molecule has 17 heavy (non-hydrogen) atoms. The summed E-state index contributed by atoms with van der Waals surface area (Å²) in [5.74, 6) is 0.536. The third kappa shape index (κ3) is 3.82. The van der Waals surface area contributed by atoms with Gasteiger partial charge in [-0.15, -0.1) is 0 Å². The fraction of sp³-hybridized carbons (Fsp3) is 0.909. The third-order valence-corrected chi connectivity index (χ3v) is 3.50. The van der Waals surface area contributed by atoms with E-state index < -0.39 is 6.09 Å². The van der Waals surface area contributed by atoms with Crippen LogP contribution in [0.5, 0.6) is 0 Å². The quantitative estimate of drug-likeness (QED) is 0.465. The topological polar surface area (TPSA) is 101 Å². The van der Waals surface area contributed by atoms with E-state index in [9.17, 15) is 4.79 Å². The summed E-state index contributed by atoms with van der Waals surface area (Å²) in [6, 6.07) is 0. The van der Waals surface area contributed by atoms with Crippen LogP contribution in [0.3, 0.4) is 0 Å². The van der Waals surface area contributed by atoms with Crippen LogP contribution in [0.2, 0.25) is 0 Å². The van der Waals surface area contributed by atoms with E-state index in [1.165, 1.54) is 0 Å². The summed E-state index contributed by atoms with van der Waals surface area (Å²) in [5, 5.41) is 3.58. The number of nitrogens with zero attached hydrogens (tertiary/aromatic N) is 3. The number of ether oxygens (including phenoxy) is 1. The predicted molar refractivity (Wildman–Crippen MR) is 64.1 cm³/mol. The van der Waals surface area contributed by atoms with E-state index in [1.54, 1.807) is 0 Å². The van der Waals surface area contributed by atoms with Gasteiger partial charge in [0.2, 0.25) is 0 Å². The molecule has 0 bridgehead atoms. The molecule has 1 aliphatic rings. The second-order valence-corrected chi connectivity index (χ2v) is 5.68. The van der Waals surface area contributed by atoms with E-state index in [0.29, 0.717) is 12.5 Å². The van der Waals surface area contributed by atoms with Gasteiger partial charge >= 0.3 is 6.09 Å². The van der Waals surface area contributed by atoms with Crippen molar-refractivity contribution in [2.75, 3.05) is 6.54 Å². The van der Waals surface area contributed by atoms with Crippen molar-refractivity contribution in [2.24, 2.45) is 28.1 Å². The number of hydrogen-bond acceptors (Lipinski definition) is 3. The first-order chi connectivity index (χ1) is 7.84. The van der Waals surface area contributed by atoms with Crippen LogP contribution in [-0.4, -0.2) is 18.7 Å². The molecule has 6 nitrogen and oxygen atoms in total. The van der Waals surface area contributed by atoms with E-state index in [2.05, 4.69) is 30.8 Å². The lowest BCUT2D eigenvalue weighted by atomic mass is 9.79. The van der Waals surface area contributed by atoms with E-state index in [4.69, 9.17) is 16.0 Å². The van der Waals surface area contributed by atoms with Gasteiger partial charge in [-0.3, -0.25) is 0 Å². The van der Waals surface area contributed by atoms with Crippen molar-refractivity contribution in [1.82, 2.24) is 0 Å². The predicted octanol–water partition coefficient (Wildman–Crippen LogP) is 2.83. The Morgan fingerprint density at radius 1 is 1.53 bits per heavy atom. The minimum absolute atomic E-state index is 0.0858. The zero-order chi connectivity index (χ0) is 13.1. The van der Waals surface area contributed by atoms with Gasteiger partial charge in [-0.25, -0.2) is 4.79 Å². The molecular formula is C11H20N4O2. The molecule has 0 spiro atoms. The molecule has 0 heterocycles. The number of carbonyl (C=O) groups is 1. The number of nitrogens with two attached hydrogens (primary N) is 1. The Hall–Kier alpha value is -1.42. The van der Waals surface area contributed by atoms with Crippen molar-refractivity contribution in [2.45, 2.75) is 39.7 Å². The molecule has 3 atom stereocenters.